The molecular formula is C24H24FN3O2S. The number of nitrogens with zero attached hydrogens (tertiary/aromatic N) is 1. The van der Waals surface area contributed by atoms with Gasteiger partial charge in [-0.2, -0.15) is 0 Å². The molecule has 0 saturated carbocycles. The van der Waals surface area contributed by atoms with Gasteiger partial charge in [-0.15, -0.1) is 0 Å². The van der Waals surface area contributed by atoms with Gasteiger partial charge < -0.3 is 20.1 Å². The van der Waals surface area contributed by atoms with Crippen LogP contribution in [0.3, 0.4) is 0 Å². The van der Waals surface area contributed by atoms with Crippen LogP contribution in [0.25, 0.3) is 0 Å². The zero-order valence-corrected chi connectivity index (χ0v) is 17.8. The number of anilines is 1. The van der Waals surface area contributed by atoms with Crippen molar-refractivity contribution in [3.63, 3.8) is 0 Å². The molecule has 1 fully saturated rings. The van der Waals surface area contributed by atoms with Gasteiger partial charge in [0.05, 0.1) is 11.9 Å². The van der Waals surface area contributed by atoms with Gasteiger partial charge in [-0.3, -0.25) is 0 Å². The normalized spacial score (nSPS) is 15.1. The number of pyridine rings is 1. The van der Waals surface area contributed by atoms with Crippen LogP contribution in [0.4, 0.5) is 10.1 Å². The van der Waals surface area contributed by atoms with E-state index in [1.54, 1.807) is 12.3 Å². The van der Waals surface area contributed by atoms with E-state index in [0.29, 0.717) is 30.8 Å². The van der Waals surface area contributed by atoms with Crippen molar-refractivity contribution in [3.8, 4) is 11.6 Å². The molecule has 1 aliphatic heterocycles. The Hall–Kier alpha value is -3.03. The van der Waals surface area contributed by atoms with Crippen LogP contribution in [0.1, 0.15) is 18.4 Å². The summed E-state index contributed by atoms with van der Waals surface area (Å²) in [6.45, 7) is 1.98. The lowest BCUT2D eigenvalue weighted by molar-refractivity contribution is 0.0515. The van der Waals surface area contributed by atoms with Crippen molar-refractivity contribution in [1.29, 1.82) is 0 Å². The van der Waals surface area contributed by atoms with Crippen LogP contribution in [0.5, 0.6) is 11.6 Å². The summed E-state index contributed by atoms with van der Waals surface area (Å²) in [6.07, 6.45) is 3.37. The van der Waals surface area contributed by atoms with Crippen molar-refractivity contribution < 1.29 is 13.9 Å². The summed E-state index contributed by atoms with van der Waals surface area (Å²) in [4.78, 5) is 4.32. The highest BCUT2D eigenvalue weighted by Gasteiger charge is 2.34. The maximum absolute atomic E-state index is 13.4. The molecule has 3 aromatic rings. The second-order valence-corrected chi connectivity index (χ2v) is 7.92. The number of rotatable bonds is 6. The Labute approximate surface area is 186 Å². The zero-order valence-electron chi connectivity index (χ0n) is 17.0. The molecule has 1 saturated heterocycles. The lowest BCUT2D eigenvalue weighted by Crippen LogP contribution is -2.45. The third-order valence-corrected chi connectivity index (χ3v) is 5.70. The number of para-hydroxylation sites is 1. The van der Waals surface area contributed by atoms with Crippen molar-refractivity contribution in [1.82, 2.24) is 10.3 Å². The predicted molar refractivity (Wildman–Crippen MR) is 123 cm³/mol. The summed E-state index contributed by atoms with van der Waals surface area (Å²) in [6, 6.07) is 19.9. The highest BCUT2D eigenvalue weighted by molar-refractivity contribution is 7.80. The number of ether oxygens (including phenoxy) is 2. The molecule has 5 nitrogen and oxygen atoms in total. The number of nitrogens with one attached hydrogen (secondary N) is 2. The molecule has 2 heterocycles. The Morgan fingerprint density at radius 2 is 1.77 bits per heavy atom. The third-order valence-electron chi connectivity index (χ3n) is 5.45. The molecule has 31 heavy (non-hydrogen) atoms. The summed E-state index contributed by atoms with van der Waals surface area (Å²) < 4.78 is 24.7. The van der Waals surface area contributed by atoms with E-state index < -0.39 is 0 Å². The smallest absolute Gasteiger partial charge is 0.219 e. The molecule has 7 heteroatoms. The fourth-order valence-electron chi connectivity index (χ4n) is 3.68. The Morgan fingerprint density at radius 3 is 2.45 bits per heavy atom. The van der Waals surface area contributed by atoms with Crippen LogP contribution in [-0.4, -0.2) is 29.9 Å². The molecule has 0 spiro atoms. The summed E-state index contributed by atoms with van der Waals surface area (Å²) in [7, 11) is 0. The highest BCUT2D eigenvalue weighted by Crippen LogP contribution is 2.34. The van der Waals surface area contributed by atoms with E-state index in [2.05, 4.69) is 15.6 Å². The van der Waals surface area contributed by atoms with Gasteiger partial charge in [-0.25, -0.2) is 9.37 Å². The quantitative estimate of drug-likeness (QED) is 0.527. The minimum Gasteiger partial charge on any atom is -0.439 e. The predicted octanol–water partition coefficient (Wildman–Crippen LogP) is 5.05. The number of benzene rings is 2. The van der Waals surface area contributed by atoms with Crippen LogP contribution in [0, 0.1) is 5.82 Å². The van der Waals surface area contributed by atoms with Crippen LogP contribution in [0.2, 0.25) is 0 Å². The first-order valence-corrected chi connectivity index (χ1v) is 10.6. The van der Waals surface area contributed by atoms with Gasteiger partial charge in [0, 0.05) is 31.2 Å². The molecule has 0 amide bonds. The topological polar surface area (TPSA) is 55.4 Å². The minimum absolute atomic E-state index is 0.149. The molecule has 0 bridgehead atoms. The van der Waals surface area contributed by atoms with E-state index in [1.807, 2.05) is 48.5 Å². The second kappa shape index (κ2) is 9.85. The standard InChI is InChI=1S/C24H24FN3O2S/c25-19-8-6-18(7-9-19)24(12-14-29-15-13-24)17-27-23(31)28-20-10-11-22(26-16-20)30-21-4-2-1-3-5-21/h1-11,16H,12-15,17H2,(H2,27,28,31). The van der Waals surface area contributed by atoms with E-state index in [0.717, 1.165) is 29.8 Å². The van der Waals surface area contributed by atoms with E-state index >= 15 is 0 Å². The van der Waals surface area contributed by atoms with Gasteiger partial charge in [-0.1, -0.05) is 30.3 Å². The molecule has 2 aromatic carbocycles. The van der Waals surface area contributed by atoms with Gasteiger partial charge in [-0.05, 0) is 61.0 Å². The first kappa shape index (κ1) is 21.2. The Bertz CT molecular complexity index is 992. The number of hydrogen-bond acceptors (Lipinski definition) is 4. The molecule has 0 unspecified atom stereocenters. The largest absolute Gasteiger partial charge is 0.439 e. The fourth-order valence-corrected chi connectivity index (χ4v) is 3.87. The third kappa shape index (κ3) is 5.57. The van der Waals surface area contributed by atoms with Crippen molar-refractivity contribution in [3.05, 3.63) is 84.3 Å². The number of halogens is 1. The van der Waals surface area contributed by atoms with Crippen molar-refractivity contribution >= 4 is 23.0 Å². The SMILES string of the molecule is Fc1ccc(C2(CNC(=S)Nc3ccc(Oc4ccccc4)nc3)CCOCC2)cc1. The van der Waals surface area contributed by atoms with E-state index in [1.165, 1.54) is 12.1 Å². The highest BCUT2D eigenvalue weighted by atomic mass is 32.1. The van der Waals surface area contributed by atoms with Gasteiger partial charge in [0.1, 0.15) is 11.6 Å². The van der Waals surface area contributed by atoms with E-state index in [9.17, 15) is 4.39 Å². The molecule has 0 radical (unpaired) electrons. The van der Waals surface area contributed by atoms with Gasteiger partial charge in [0.15, 0.2) is 5.11 Å². The fraction of sp³-hybridized carbons (Fsp3) is 0.250. The first-order valence-electron chi connectivity index (χ1n) is 10.2. The lowest BCUT2D eigenvalue weighted by Gasteiger charge is -2.38. The Kier molecular flexibility index (Phi) is 6.74. The monoisotopic (exact) mass is 437 g/mol. The molecule has 4 rings (SSSR count). The Morgan fingerprint density at radius 1 is 1.03 bits per heavy atom. The van der Waals surface area contributed by atoms with Gasteiger partial charge >= 0.3 is 0 Å². The molecular weight excluding hydrogens is 413 g/mol. The summed E-state index contributed by atoms with van der Waals surface area (Å²) in [5, 5.41) is 6.99. The Balaban J connectivity index is 1.35. The molecule has 1 aliphatic rings. The summed E-state index contributed by atoms with van der Waals surface area (Å²) >= 11 is 5.49. The average Bonchev–Trinajstić information content (AvgIpc) is 2.81. The summed E-state index contributed by atoms with van der Waals surface area (Å²) in [5.41, 5.74) is 1.71. The van der Waals surface area contributed by atoms with Crippen LogP contribution >= 0.6 is 12.2 Å². The van der Waals surface area contributed by atoms with Crippen molar-refractivity contribution in [2.45, 2.75) is 18.3 Å². The lowest BCUT2D eigenvalue weighted by atomic mass is 9.74. The number of thiocarbonyl (C=S) groups is 1. The molecule has 2 N–H and O–H groups in total. The van der Waals surface area contributed by atoms with E-state index in [4.69, 9.17) is 21.7 Å². The van der Waals surface area contributed by atoms with Gasteiger partial charge in [0.2, 0.25) is 5.88 Å². The minimum atomic E-state index is -0.233. The van der Waals surface area contributed by atoms with Crippen LogP contribution in [0.15, 0.2) is 72.9 Å². The second-order valence-electron chi connectivity index (χ2n) is 7.51. The first-order chi connectivity index (χ1) is 15.1. The molecule has 1 aromatic heterocycles. The summed E-state index contributed by atoms with van der Waals surface area (Å²) in [5.74, 6) is 1.01. The van der Waals surface area contributed by atoms with Crippen molar-refractivity contribution in [2.24, 2.45) is 0 Å². The van der Waals surface area contributed by atoms with E-state index in [-0.39, 0.29) is 11.2 Å². The van der Waals surface area contributed by atoms with Gasteiger partial charge in [0.25, 0.3) is 0 Å². The molecule has 0 aliphatic carbocycles. The average molecular weight is 438 g/mol. The maximum Gasteiger partial charge on any atom is 0.219 e. The number of aromatic nitrogens is 1. The van der Waals surface area contributed by atoms with Crippen LogP contribution < -0.4 is 15.4 Å². The zero-order chi connectivity index (χ0) is 21.5. The molecule has 0 atom stereocenters. The number of hydrogen-bond donors (Lipinski definition) is 2. The van der Waals surface area contributed by atoms with Crippen molar-refractivity contribution in [2.75, 3.05) is 25.1 Å². The molecule has 160 valence electrons. The van der Waals surface area contributed by atoms with Crippen LogP contribution in [-0.2, 0) is 10.2 Å². The maximum atomic E-state index is 13.4.